The van der Waals surface area contributed by atoms with E-state index in [1.54, 1.807) is 16.9 Å². The van der Waals surface area contributed by atoms with E-state index < -0.39 is 0 Å². The molecular weight excluding hydrogens is 302 g/mol. The van der Waals surface area contributed by atoms with Gasteiger partial charge in [-0.05, 0) is 68.8 Å². The molecule has 1 fully saturated rings. The van der Waals surface area contributed by atoms with Gasteiger partial charge in [0.1, 0.15) is 0 Å². The highest BCUT2D eigenvalue weighted by molar-refractivity contribution is 5.22. The molecule has 6 nitrogen and oxygen atoms in total. The lowest BCUT2D eigenvalue weighted by Crippen LogP contribution is -2.36. The molecule has 0 spiro atoms. The number of likely N-dealkylation sites (tertiary alicyclic amines) is 1. The van der Waals surface area contributed by atoms with Gasteiger partial charge in [0, 0.05) is 25.4 Å². The summed E-state index contributed by atoms with van der Waals surface area (Å²) in [5.41, 5.74) is 3.38. The highest BCUT2D eigenvalue weighted by Gasteiger charge is 2.22. The Hall–Kier alpha value is -2.08. The van der Waals surface area contributed by atoms with Crippen molar-refractivity contribution in [2.75, 3.05) is 13.1 Å². The van der Waals surface area contributed by atoms with Crippen molar-refractivity contribution >= 4 is 0 Å². The summed E-state index contributed by atoms with van der Waals surface area (Å²) in [5, 5.41) is 12.7. The largest absolute Gasteiger partial charge is 0.297 e. The number of rotatable bonds is 4. The molecule has 2 aromatic rings. The van der Waals surface area contributed by atoms with Crippen LogP contribution in [0.2, 0.25) is 0 Å². The maximum atomic E-state index is 12.2. The highest BCUT2D eigenvalue weighted by atomic mass is 16.1. The average molecular weight is 325 g/mol. The molecule has 126 valence electrons. The van der Waals surface area contributed by atoms with E-state index in [1.165, 1.54) is 0 Å². The van der Waals surface area contributed by atoms with E-state index in [4.69, 9.17) is 0 Å². The second-order valence-electron chi connectivity index (χ2n) is 6.92. The van der Waals surface area contributed by atoms with E-state index in [1.807, 2.05) is 12.1 Å². The molecule has 0 saturated carbocycles. The maximum Gasteiger partial charge on any atom is 0.267 e. The molecule has 1 aliphatic heterocycles. The Morgan fingerprint density at radius 3 is 2.88 bits per heavy atom. The summed E-state index contributed by atoms with van der Waals surface area (Å²) in [6.07, 6.45) is 7.08. The van der Waals surface area contributed by atoms with Crippen LogP contribution in [0.4, 0.5) is 0 Å². The van der Waals surface area contributed by atoms with Crippen LogP contribution in [0.5, 0.6) is 0 Å². The van der Waals surface area contributed by atoms with Crippen LogP contribution in [0.15, 0.2) is 29.2 Å². The summed E-state index contributed by atoms with van der Waals surface area (Å²) in [6, 6.07) is 5.76. The van der Waals surface area contributed by atoms with Gasteiger partial charge in [-0.3, -0.25) is 9.69 Å². The third-order valence-electron chi connectivity index (χ3n) is 5.18. The van der Waals surface area contributed by atoms with Gasteiger partial charge < -0.3 is 0 Å². The van der Waals surface area contributed by atoms with Crippen LogP contribution in [0.1, 0.15) is 36.2 Å². The molecule has 3 heterocycles. The minimum absolute atomic E-state index is 0.0673. The first kappa shape index (κ1) is 15.4. The minimum atomic E-state index is 0.0673. The van der Waals surface area contributed by atoms with E-state index in [2.05, 4.69) is 20.2 Å². The molecule has 24 heavy (non-hydrogen) atoms. The Morgan fingerprint density at radius 2 is 2.08 bits per heavy atom. The zero-order chi connectivity index (χ0) is 16.4. The van der Waals surface area contributed by atoms with Gasteiger partial charge in [0.2, 0.25) is 0 Å². The topological polar surface area (TPSA) is 63.9 Å². The third-order valence-corrected chi connectivity index (χ3v) is 5.18. The number of hydrogen-bond donors (Lipinski definition) is 0. The quantitative estimate of drug-likeness (QED) is 0.851. The average Bonchev–Trinajstić information content (AvgIpc) is 3.05. The summed E-state index contributed by atoms with van der Waals surface area (Å²) in [7, 11) is 0. The van der Waals surface area contributed by atoms with Crippen molar-refractivity contribution < 1.29 is 0 Å². The molecule has 2 aliphatic rings. The van der Waals surface area contributed by atoms with E-state index in [-0.39, 0.29) is 5.56 Å². The van der Waals surface area contributed by atoms with Crippen LogP contribution in [-0.2, 0) is 25.9 Å². The van der Waals surface area contributed by atoms with Crippen LogP contribution in [0.25, 0.3) is 0 Å². The molecule has 1 aliphatic carbocycles. The van der Waals surface area contributed by atoms with Crippen molar-refractivity contribution in [1.29, 1.82) is 0 Å². The van der Waals surface area contributed by atoms with E-state index in [9.17, 15) is 4.79 Å². The van der Waals surface area contributed by atoms with E-state index in [0.29, 0.717) is 5.92 Å². The number of nitrogens with zero attached hydrogens (tertiary/aromatic N) is 5. The first-order chi connectivity index (χ1) is 11.8. The summed E-state index contributed by atoms with van der Waals surface area (Å²) in [4.78, 5) is 14.6. The predicted octanol–water partition coefficient (Wildman–Crippen LogP) is 1.43. The lowest BCUT2D eigenvalue weighted by molar-refractivity contribution is 0.161. The van der Waals surface area contributed by atoms with Crippen molar-refractivity contribution in [3.63, 3.8) is 0 Å². The third kappa shape index (κ3) is 3.38. The summed E-state index contributed by atoms with van der Waals surface area (Å²) >= 11 is 0. The fraction of sp³-hybridized carbons (Fsp3) is 0.556. The van der Waals surface area contributed by atoms with Gasteiger partial charge in [0.15, 0.2) is 0 Å². The van der Waals surface area contributed by atoms with Crippen molar-refractivity contribution in [3.05, 3.63) is 51.7 Å². The summed E-state index contributed by atoms with van der Waals surface area (Å²) in [5.74, 6) is 0.535. The fourth-order valence-corrected chi connectivity index (χ4v) is 3.79. The molecule has 0 radical (unpaired) electrons. The molecule has 0 unspecified atom stereocenters. The Bertz CT molecular complexity index is 750. The number of hydrogen-bond acceptors (Lipinski definition) is 5. The van der Waals surface area contributed by atoms with Crippen LogP contribution < -0.4 is 5.56 Å². The Balaban J connectivity index is 1.34. The van der Waals surface area contributed by atoms with Gasteiger partial charge in [-0.25, -0.2) is 4.68 Å². The Kier molecular flexibility index (Phi) is 4.38. The fourth-order valence-electron chi connectivity index (χ4n) is 3.79. The summed E-state index contributed by atoms with van der Waals surface area (Å²) in [6.45, 7) is 3.70. The summed E-state index contributed by atoms with van der Waals surface area (Å²) < 4.78 is 1.70. The molecule has 0 N–H and O–H groups in total. The molecular formula is C18H23N5O. The number of aromatic nitrogens is 4. The molecule has 0 aromatic carbocycles. The van der Waals surface area contributed by atoms with Gasteiger partial charge in [-0.15, -0.1) is 0 Å². The lowest BCUT2D eigenvalue weighted by atomic mass is 9.96. The van der Waals surface area contributed by atoms with Crippen LogP contribution in [-0.4, -0.2) is 38.0 Å². The van der Waals surface area contributed by atoms with E-state index >= 15 is 0 Å². The van der Waals surface area contributed by atoms with Crippen LogP contribution >= 0.6 is 0 Å². The second-order valence-corrected chi connectivity index (χ2v) is 6.92. The van der Waals surface area contributed by atoms with Crippen molar-refractivity contribution in [3.8, 4) is 0 Å². The van der Waals surface area contributed by atoms with Gasteiger partial charge in [0.05, 0.1) is 11.4 Å². The smallest absolute Gasteiger partial charge is 0.267 e. The first-order valence-corrected chi connectivity index (χ1v) is 8.87. The number of fused-ring (bicyclic) bond motifs is 1. The number of piperidine rings is 1. The SMILES string of the molecule is O=c1cc2c(nn1CC1CCN(Cc3cccnn3)CC1)CCC2. The van der Waals surface area contributed by atoms with Crippen LogP contribution in [0, 0.1) is 5.92 Å². The predicted molar refractivity (Wildman–Crippen MR) is 90.6 cm³/mol. The van der Waals surface area contributed by atoms with Gasteiger partial charge in [-0.1, -0.05) is 0 Å². The lowest BCUT2D eigenvalue weighted by Gasteiger charge is -2.31. The van der Waals surface area contributed by atoms with Crippen molar-refractivity contribution in [1.82, 2.24) is 24.9 Å². The van der Waals surface area contributed by atoms with E-state index in [0.717, 1.165) is 75.2 Å². The van der Waals surface area contributed by atoms with Crippen LogP contribution in [0.3, 0.4) is 0 Å². The molecule has 0 bridgehead atoms. The molecule has 6 heteroatoms. The van der Waals surface area contributed by atoms with Crippen molar-refractivity contribution in [2.45, 2.75) is 45.2 Å². The molecule has 0 amide bonds. The zero-order valence-electron chi connectivity index (χ0n) is 13.9. The Morgan fingerprint density at radius 1 is 1.21 bits per heavy atom. The normalized spacial score (nSPS) is 18.7. The van der Waals surface area contributed by atoms with Gasteiger partial charge in [0.25, 0.3) is 5.56 Å². The second kappa shape index (κ2) is 6.81. The molecule has 4 rings (SSSR count). The van der Waals surface area contributed by atoms with Crippen molar-refractivity contribution in [2.24, 2.45) is 5.92 Å². The standard InChI is InChI=1S/C18H23N5O/c24-18-11-15-3-1-5-17(15)21-23(18)12-14-6-9-22(10-7-14)13-16-4-2-8-19-20-16/h2,4,8,11,14H,1,3,5-7,9-10,12-13H2. The molecule has 2 aromatic heterocycles. The first-order valence-electron chi connectivity index (χ1n) is 8.87. The molecule has 1 saturated heterocycles. The zero-order valence-corrected chi connectivity index (χ0v) is 13.9. The van der Waals surface area contributed by atoms with Gasteiger partial charge in [-0.2, -0.15) is 15.3 Å². The maximum absolute atomic E-state index is 12.2. The highest BCUT2D eigenvalue weighted by Crippen LogP contribution is 2.21. The minimum Gasteiger partial charge on any atom is -0.297 e. The number of aryl methyl sites for hydroxylation is 2. The van der Waals surface area contributed by atoms with Gasteiger partial charge >= 0.3 is 0 Å². The molecule has 0 atom stereocenters. The Labute approximate surface area is 141 Å². The monoisotopic (exact) mass is 325 g/mol.